The topological polar surface area (TPSA) is 45.8 Å². The fourth-order valence-corrected chi connectivity index (χ4v) is 2.55. The van der Waals surface area contributed by atoms with E-state index in [1.54, 1.807) is 41.1 Å². The first kappa shape index (κ1) is 15.4. The number of ketones is 1. The highest BCUT2D eigenvalue weighted by Crippen LogP contribution is 2.36. The number of allylic oxidation sites excluding steroid dienone is 1. The molecule has 21 heavy (non-hydrogen) atoms. The van der Waals surface area contributed by atoms with Crippen LogP contribution in [-0.4, -0.2) is 10.4 Å². The Labute approximate surface area is 133 Å². The van der Waals surface area contributed by atoms with Gasteiger partial charge in [0.2, 0.25) is 0 Å². The molecule has 0 spiro atoms. The van der Waals surface area contributed by atoms with E-state index in [2.05, 4.69) is 12.6 Å². The molecule has 0 N–H and O–H groups in total. The van der Waals surface area contributed by atoms with Gasteiger partial charge in [-0.1, -0.05) is 41.9 Å². The second kappa shape index (κ2) is 6.17. The molecule has 1 atom stereocenters. The van der Waals surface area contributed by atoms with Crippen LogP contribution in [0.3, 0.4) is 0 Å². The lowest BCUT2D eigenvalue weighted by molar-refractivity contribution is -0.113. The van der Waals surface area contributed by atoms with Crippen LogP contribution in [0.2, 0.25) is 10.0 Å². The molecule has 0 fully saturated rings. The van der Waals surface area contributed by atoms with Crippen molar-refractivity contribution in [1.29, 1.82) is 5.26 Å². The molecule has 0 bridgehead atoms. The second-order valence-electron chi connectivity index (χ2n) is 4.54. The van der Waals surface area contributed by atoms with Gasteiger partial charge in [-0.25, -0.2) is 0 Å². The van der Waals surface area contributed by atoms with E-state index in [0.717, 1.165) is 0 Å². The van der Waals surface area contributed by atoms with E-state index in [4.69, 9.17) is 23.2 Å². The van der Waals surface area contributed by atoms with Gasteiger partial charge in [0.05, 0.1) is 16.1 Å². The lowest BCUT2D eigenvalue weighted by Crippen LogP contribution is -2.18. The molecule has 1 aromatic heterocycles. The molecule has 0 saturated heterocycles. The predicted octanol–water partition coefficient (Wildman–Crippen LogP) is 4.40. The van der Waals surface area contributed by atoms with Crippen LogP contribution in [0.1, 0.15) is 24.2 Å². The number of carbonyl (C=O) groups is 1. The highest BCUT2D eigenvalue weighted by Gasteiger charge is 2.24. The van der Waals surface area contributed by atoms with Crippen LogP contribution in [0, 0.1) is 11.3 Å². The van der Waals surface area contributed by atoms with Gasteiger partial charge in [0.25, 0.3) is 0 Å². The van der Waals surface area contributed by atoms with Crippen LogP contribution >= 0.6 is 23.2 Å². The summed E-state index contributed by atoms with van der Waals surface area (Å²) < 4.78 is 1.67. The molecule has 2 aromatic rings. The molecule has 3 nitrogen and oxygen atoms in total. The number of benzene rings is 1. The van der Waals surface area contributed by atoms with Crippen LogP contribution < -0.4 is 0 Å². The number of rotatable bonds is 4. The molecule has 0 unspecified atom stereocenters. The van der Waals surface area contributed by atoms with E-state index in [1.165, 1.54) is 6.92 Å². The van der Waals surface area contributed by atoms with Gasteiger partial charge >= 0.3 is 0 Å². The van der Waals surface area contributed by atoms with Gasteiger partial charge in [0.15, 0.2) is 5.78 Å². The number of Topliss-reactive ketones (excluding diaryl/α,β-unsaturated/α-hetero) is 1. The Kier molecular flexibility index (Phi) is 4.52. The Morgan fingerprint density at radius 1 is 1.33 bits per heavy atom. The summed E-state index contributed by atoms with van der Waals surface area (Å²) in [6.07, 6.45) is 1.72. The minimum Gasteiger partial charge on any atom is -0.328 e. The number of hydrogen-bond donors (Lipinski definition) is 0. The summed E-state index contributed by atoms with van der Waals surface area (Å²) >= 11 is 12.3. The first-order chi connectivity index (χ1) is 9.97. The number of carbonyl (C=O) groups excluding carboxylic acids is 1. The van der Waals surface area contributed by atoms with Gasteiger partial charge < -0.3 is 4.57 Å². The fourth-order valence-electron chi connectivity index (χ4n) is 2.14. The summed E-state index contributed by atoms with van der Waals surface area (Å²) in [6.45, 7) is 5.29. The smallest absolute Gasteiger partial charge is 0.157 e. The second-order valence-corrected chi connectivity index (χ2v) is 5.32. The molecule has 5 heteroatoms. The molecule has 0 aliphatic carbocycles. The third kappa shape index (κ3) is 2.87. The number of hydrogen-bond acceptors (Lipinski definition) is 2. The molecule has 0 saturated carbocycles. The molecule has 106 valence electrons. The van der Waals surface area contributed by atoms with Gasteiger partial charge in [0, 0.05) is 11.8 Å². The Balaban J connectivity index is 2.68. The van der Waals surface area contributed by atoms with Gasteiger partial charge in [-0.15, -0.1) is 0 Å². The molecule has 2 rings (SSSR count). The largest absolute Gasteiger partial charge is 0.328 e. The monoisotopic (exact) mass is 318 g/mol. The van der Waals surface area contributed by atoms with Crippen LogP contribution in [0.25, 0.3) is 0 Å². The standard InChI is InChI=1S/C16H12Cl2N2O/c1-10(11(2)21)16(20-8-4-5-12(20)9-19)13-6-3-7-14(17)15(13)18/h3-8,16H,1H2,2H3/t16-/m1/s1. The van der Waals surface area contributed by atoms with Crippen molar-refractivity contribution in [3.05, 3.63) is 70.0 Å². The minimum absolute atomic E-state index is 0.173. The number of halogens is 2. The predicted molar refractivity (Wildman–Crippen MR) is 83.6 cm³/mol. The normalized spacial score (nSPS) is 11.7. The molecule has 1 aromatic carbocycles. The van der Waals surface area contributed by atoms with Gasteiger partial charge in [-0.05, 0) is 30.7 Å². The quantitative estimate of drug-likeness (QED) is 0.784. The number of nitrogens with zero attached hydrogens (tertiary/aromatic N) is 2. The molecular weight excluding hydrogens is 307 g/mol. The maximum absolute atomic E-state index is 11.8. The maximum atomic E-state index is 11.8. The zero-order valence-corrected chi connectivity index (χ0v) is 12.8. The summed E-state index contributed by atoms with van der Waals surface area (Å²) in [5.74, 6) is -0.173. The van der Waals surface area contributed by atoms with E-state index < -0.39 is 6.04 Å². The Morgan fingerprint density at radius 3 is 2.67 bits per heavy atom. The average molecular weight is 319 g/mol. The van der Waals surface area contributed by atoms with Crippen molar-refractivity contribution >= 4 is 29.0 Å². The number of nitriles is 1. The van der Waals surface area contributed by atoms with E-state index in [-0.39, 0.29) is 5.78 Å². The molecule has 1 heterocycles. The number of aromatic nitrogens is 1. The summed E-state index contributed by atoms with van der Waals surface area (Å²) in [6, 6.07) is 10.1. The van der Waals surface area contributed by atoms with Crippen LogP contribution in [0.4, 0.5) is 0 Å². The summed E-state index contributed by atoms with van der Waals surface area (Å²) in [4.78, 5) is 11.8. The minimum atomic E-state index is -0.557. The average Bonchev–Trinajstić information content (AvgIpc) is 2.91. The molecular formula is C16H12Cl2N2O. The van der Waals surface area contributed by atoms with Crippen molar-refractivity contribution in [2.45, 2.75) is 13.0 Å². The zero-order chi connectivity index (χ0) is 15.6. The van der Waals surface area contributed by atoms with E-state index >= 15 is 0 Å². The Bertz CT molecular complexity index is 756. The lowest BCUT2D eigenvalue weighted by Gasteiger charge is -2.23. The lowest BCUT2D eigenvalue weighted by atomic mass is 9.96. The van der Waals surface area contributed by atoms with Crippen LogP contribution in [0.15, 0.2) is 48.7 Å². The fraction of sp³-hybridized carbons (Fsp3) is 0.125. The van der Waals surface area contributed by atoms with Crippen molar-refractivity contribution in [1.82, 2.24) is 4.57 Å². The molecule has 0 amide bonds. The summed E-state index contributed by atoms with van der Waals surface area (Å²) in [5, 5.41) is 9.94. The first-order valence-corrected chi connectivity index (χ1v) is 6.93. The Morgan fingerprint density at radius 2 is 2.05 bits per heavy atom. The van der Waals surface area contributed by atoms with E-state index in [9.17, 15) is 10.1 Å². The third-order valence-corrected chi connectivity index (χ3v) is 4.06. The third-order valence-electron chi connectivity index (χ3n) is 3.23. The van der Waals surface area contributed by atoms with Crippen molar-refractivity contribution in [3.8, 4) is 6.07 Å². The highest BCUT2D eigenvalue weighted by atomic mass is 35.5. The van der Waals surface area contributed by atoms with Gasteiger partial charge in [-0.2, -0.15) is 5.26 Å². The summed E-state index contributed by atoms with van der Waals surface area (Å²) in [7, 11) is 0. The van der Waals surface area contributed by atoms with E-state index in [1.807, 2.05) is 0 Å². The molecule has 0 aliphatic heterocycles. The SMILES string of the molecule is C=C(C(C)=O)[C@H](c1cccc(Cl)c1Cl)n1cccc1C#N. The highest BCUT2D eigenvalue weighted by molar-refractivity contribution is 6.42. The van der Waals surface area contributed by atoms with Crippen molar-refractivity contribution in [3.63, 3.8) is 0 Å². The first-order valence-electron chi connectivity index (χ1n) is 6.18. The molecule has 0 radical (unpaired) electrons. The zero-order valence-electron chi connectivity index (χ0n) is 11.3. The van der Waals surface area contributed by atoms with E-state index in [0.29, 0.717) is 26.9 Å². The van der Waals surface area contributed by atoms with Gasteiger partial charge in [-0.3, -0.25) is 4.79 Å². The summed E-state index contributed by atoms with van der Waals surface area (Å²) in [5.41, 5.74) is 1.39. The van der Waals surface area contributed by atoms with Crippen LogP contribution in [0.5, 0.6) is 0 Å². The Hall–Kier alpha value is -2.02. The van der Waals surface area contributed by atoms with Crippen molar-refractivity contribution in [2.75, 3.05) is 0 Å². The van der Waals surface area contributed by atoms with Crippen LogP contribution in [-0.2, 0) is 4.79 Å². The molecule has 0 aliphatic rings. The van der Waals surface area contributed by atoms with Crippen molar-refractivity contribution in [2.24, 2.45) is 0 Å². The van der Waals surface area contributed by atoms with Crippen molar-refractivity contribution < 1.29 is 4.79 Å². The van der Waals surface area contributed by atoms with Gasteiger partial charge in [0.1, 0.15) is 11.8 Å². The maximum Gasteiger partial charge on any atom is 0.157 e.